The number of halogens is 3. The second-order valence-electron chi connectivity index (χ2n) is 3.27. The number of rotatable bonds is 4. The minimum absolute atomic E-state index is 0.00692. The van der Waals surface area contributed by atoms with E-state index >= 15 is 0 Å². The van der Waals surface area contributed by atoms with E-state index in [-0.39, 0.29) is 29.1 Å². The van der Waals surface area contributed by atoms with E-state index in [0.717, 1.165) is 0 Å². The zero-order chi connectivity index (χ0) is 12.3. The van der Waals surface area contributed by atoms with Gasteiger partial charge in [0.05, 0.1) is 18.0 Å². The summed E-state index contributed by atoms with van der Waals surface area (Å²) in [7, 11) is 0. The van der Waals surface area contributed by atoms with Crippen LogP contribution in [0.25, 0.3) is 0 Å². The van der Waals surface area contributed by atoms with Crippen LogP contribution in [0, 0.1) is 6.92 Å². The maximum atomic E-state index is 12.6. The van der Waals surface area contributed by atoms with Crippen LogP contribution in [0.2, 0.25) is 0 Å². The van der Waals surface area contributed by atoms with Crippen LogP contribution in [0.15, 0.2) is 6.07 Å². The lowest BCUT2D eigenvalue weighted by atomic mass is 10.1. The van der Waals surface area contributed by atoms with Crippen molar-refractivity contribution >= 4 is 17.6 Å². The molecule has 88 valence electrons. The molecule has 0 aliphatic rings. The molecule has 3 nitrogen and oxygen atoms in total. The van der Waals surface area contributed by atoms with Crippen molar-refractivity contribution in [3.63, 3.8) is 0 Å². The van der Waals surface area contributed by atoms with Crippen LogP contribution in [0.3, 0.4) is 0 Å². The Kier molecular flexibility index (Phi) is 4.18. The predicted molar refractivity (Wildman–Crippen MR) is 54.8 cm³/mol. The third kappa shape index (κ3) is 2.88. The first-order valence-corrected chi connectivity index (χ1v) is 5.04. The van der Waals surface area contributed by atoms with Crippen LogP contribution in [-0.2, 0) is 17.1 Å². The Bertz CT molecular complexity index is 410. The van der Waals surface area contributed by atoms with Crippen LogP contribution >= 0.6 is 11.6 Å². The zero-order valence-corrected chi connectivity index (χ0v) is 9.26. The number of aromatic nitrogens is 1. The van der Waals surface area contributed by atoms with Crippen molar-refractivity contribution in [2.24, 2.45) is 0 Å². The van der Waals surface area contributed by atoms with E-state index in [0.29, 0.717) is 5.69 Å². The lowest BCUT2D eigenvalue weighted by molar-refractivity contribution is -0.136. The molecule has 0 aliphatic heterocycles. The van der Waals surface area contributed by atoms with Crippen LogP contribution in [-0.4, -0.2) is 16.1 Å². The molecule has 6 heteroatoms. The quantitative estimate of drug-likeness (QED) is 0.835. The third-order valence-electron chi connectivity index (χ3n) is 2.12. The molecule has 0 amide bonds. The molecule has 0 spiro atoms. The van der Waals surface area contributed by atoms with Gasteiger partial charge in [-0.2, -0.15) is 0 Å². The molecule has 0 bridgehead atoms. The van der Waals surface area contributed by atoms with E-state index in [1.807, 2.05) is 0 Å². The van der Waals surface area contributed by atoms with Gasteiger partial charge < -0.3 is 5.11 Å². The van der Waals surface area contributed by atoms with Gasteiger partial charge in [-0.1, -0.05) is 0 Å². The molecule has 1 heterocycles. The summed E-state index contributed by atoms with van der Waals surface area (Å²) < 4.78 is 25.1. The van der Waals surface area contributed by atoms with Crippen molar-refractivity contribution in [1.82, 2.24) is 4.98 Å². The highest BCUT2D eigenvalue weighted by Gasteiger charge is 2.16. The number of carboxylic acid groups (broad SMARTS) is 1. The number of alkyl halides is 3. The number of aryl methyl sites for hydroxylation is 1. The summed E-state index contributed by atoms with van der Waals surface area (Å²) in [6.45, 7) is 1.45. The molecule has 0 fully saturated rings. The van der Waals surface area contributed by atoms with Gasteiger partial charge in [-0.15, -0.1) is 11.6 Å². The van der Waals surface area contributed by atoms with Crippen molar-refractivity contribution in [3.05, 3.63) is 28.6 Å². The maximum absolute atomic E-state index is 12.6. The monoisotopic (exact) mass is 249 g/mol. The van der Waals surface area contributed by atoms with Crippen molar-refractivity contribution in [2.45, 2.75) is 25.7 Å². The fourth-order valence-electron chi connectivity index (χ4n) is 1.37. The third-order valence-corrected chi connectivity index (χ3v) is 2.38. The SMILES string of the molecule is Cc1nc(CCl)c(CC(=O)O)cc1C(F)F. The summed E-state index contributed by atoms with van der Waals surface area (Å²) in [4.78, 5) is 14.4. The number of hydrogen-bond donors (Lipinski definition) is 1. The first-order valence-electron chi connectivity index (χ1n) is 4.51. The molecule has 0 saturated heterocycles. The van der Waals surface area contributed by atoms with Crippen molar-refractivity contribution in [3.8, 4) is 0 Å². The number of pyridine rings is 1. The summed E-state index contributed by atoms with van der Waals surface area (Å²) in [5.41, 5.74) is 0.513. The highest BCUT2D eigenvalue weighted by atomic mass is 35.5. The Balaban J connectivity index is 3.22. The van der Waals surface area contributed by atoms with Gasteiger partial charge in [-0.3, -0.25) is 9.78 Å². The summed E-state index contributed by atoms with van der Waals surface area (Å²) in [6.07, 6.45) is -3.01. The van der Waals surface area contributed by atoms with Gasteiger partial charge in [0.2, 0.25) is 0 Å². The molecule has 0 saturated carbocycles. The number of nitrogens with zero attached hydrogens (tertiary/aromatic N) is 1. The molecule has 1 aromatic rings. The fourth-order valence-corrected chi connectivity index (χ4v) is 1.60. The molecule has 1 aromatic heterocycles. The first kappa shape index (κ1) is 12.8. The molecule has 0 aliphatic carbocycles. The normalized spacial score (nSPS) is 10.8. The number of aliphatic carboxylic acids is 1. The van der Waals surface area contributed by atoms with E-state index in [9.17, 15) is 13.6 Å². The number of carbonyl (C=O) groups is 1. The standard InChI is InChI=1S/C10H10ClF2NO2/c1-5-7(10(12)13)2-6(3-9(15)16)8(4-11)14-5/h2,10H,3-4H2,1H3,(H,15,16). The highest BCUT2D eigenvalue weighted by Crippen LogP contribution is 2.24. The predicted octanol–water partition coefficient (Wildman–Crippen LogP) is 2.69. The molecule has 0 unspecified atom stereocenters. The van der Waals surface area contributed by atoms with E-state index in [1.165, 1.54) is 13.0 Å². The lowest BCUT2D eigenvalue weighted by Gasteiger charge is -2.10. The van der Waals surface area contributed by atoms with Gasteiger partial charge in [-0.25, -0.2) is 8.78 Å². The zero-order valence-electron chi connectivity index (χ0n) is 8.51. The Labute approximate surface area is 96.1 Å². The van der Waals surface area contributed by atoms with Crippen LogP contribution in [0.1, 0.15) is 28.9 Å². The topological polar surface area (TPSA) is 50.2 Å². The Morgan fingerprint density at radius 1 is 1.62 bits per heavy atom. The highest BCUT2D eigenvalue weighted by molar-refractivity contribution is 6.17. The molecule has 1 rings (SSSR count). The molecule has 1 N–H and O–H groups in total. The molecule has 0 radical (unpaired) electrons. The summed E-state index contributed by atoms with van der Waals surface area (Å²) in [5.74, 6) is -1.09. The molecule has 16 heavy (non-hydrogen) atoms. The van der Waals surface area contributed by atoms with E-state index in [2.05, 4.69) is 4.98 Å². The second kappa shape index (κ2) is 5.21. The van der Waals surface area contributed by atoms with E-state index < -0.39 is 12.4 Å². The minimum atomic E-state index is -2.66. The molecule has 0 atom stereocenters. The van der Waals surface area contributed by atoms with E-state index in [1.54, 1.807) is 0 Å². The first-order chi connectivity index (χ1) is 7.45. The lowest BCUT2D eigenvalue weighted by Crippen LogP contribution is -2.07. The number of hydrogen-bond acceptors (Lipinski definition) is 2. The van der Waals surface area contributed by atoms with E-state index in [4.69, 9.17) is 16.7 Å². The Morgan fingerprint density at radius 3 is 2.69 bits per heavy atom. The molecular formula is C10H10ClF2NO2. The molecule has 0 aromatic carbocycles. The summed E-state index contributed by atoms with van der Waals surface area (Å²) >= 11 is 5.58. The number of carboxylic acids is 1. The Morgan fingerprint density at radius 2 is 2.25 bits per heavy atom. The van der Waals surface area contributed by atoms with Crippen LogP contribution in [0.5, 0.6) is 0 Å². The van der Waals surface area contributed by atoms with Gasteiger partial charge in [0.1, 0.15) is 0 Å². The minimum Gasteiger partial charge on any atom is -0.481 e. The van der Waals surface area contributed by atoms with Gasteiger partial charge in [-0.05, 0) is 18.6 Å². The summed E-state index contributed by atoms with van der Waals surface area (Å²) in [6, 6.07) is 1.17. The van der Waals surface area contributed by atoms with Crippen molar-refractivity contribution in [1.29, 1.82) is 0 Å². The maximum Gasteiger partial charge on any atom is 0.307 e. The van der Waals surface area contributed by atoms with Crippen LogP contribution < -0.4 is 0 Å². The summed E-state index contributed by atoms with van der Waals surface area (Å²) in [5, 5.41) is 8.63. The van der Waals surface area contributed by atoms with Crippen LogP contribution in [0.4, 0.5) is 8.78 Å². The average Bonchev–Trinajstić information content (AvgIpc) is 2.18. The fraction of sp³-hybridized carbons (Fsp3) is 0.400. The Hall–Kier alpha value is -1.23. The van der Waals surface area contributed by atoms with Gasteiger partial charge in [0, 0.05) is 11.3 Å². The van der Waals surface area contributed by atoms with Gasteiger partial charge in [0.15, 0.2) is 0 Å². The molecular weight excluding hydrogens is 240 g/mol. The van der Waals surface area contributed by atoms with Gasteiger partial charge in [0.25, 0.3) is 6.43 Å². The smallest absolute Gasteiger partial charge is 0.307 e. The van der Waals surface area contributed by atoms with Crippen molar-refractivity contribution in [2.75, 3.05) is 0 Å². The second-order valence-corrected chi connectivity index (χ2v) is 3.54. The van der Waals surface area contributed by atoms with Gasteiger partial charge >= 0.3 is 5.97 Å². The average molecular weight is 250 g/mol. The van der Waals surface area contributed by atoms with Crippen molar-refractivity contribution < 1.29 is 18.7 Å². The largest absolute Gasteiger partial charge is 0.481 e.